The number of ether oxygens (including phenoxy) is 2. The first-order chi connectivity index (χ1) is 14.8. The topological polar surface area (TPSA) is 76.1 Å². The predicted molar refractivity (Wildman–Crippen MR) is 120 cm³/mol. The van der Waals surface area contributed by atoms with Crippen LogP contribution in [0.4, 0.5) is 0 Å². The van der Waals surface area contributed by atoms with Crippen LogP contribution >= 0.6 is 0 Å². The highest BCUT2D eigenvalue weighted by Gasteiger charge is 2.34. The van der Waals surface area contributed by atoms with E-state index in [1.165, 1.54) is 17.5 Å². The van der Waals surface area contributed by atoms with Crippen molar-refractivity contribution in [2.45, 2.75) is 57.5 Å². The van der Waals surface area contributed by atoms with E-state index in [4.69, 9.17) is 9.47 Å². The lowest BCUT2D eigenvalue weighted by Gasteiger charge is -2.34. The van der Waals surface area contributed by atoms with Gasteiger partial charge in [0.1, 0.15) is 10.6 Å². The Kier molecular flexibility index (Phi) is 7.99. The quantitative estimate of drug-likeness (QED) is 0.634. The Morgan fingerprint density at radius 2 is 1.87 bits per heavy atom. The molecule has 0 bridgehead atoms. The largest absolute Gasteiger partial charge is 0.495 e. The molecule has 2 heterocycles. The number of hydrogen-bond donors (Lipinski definition) is 0. The fourth-order valence-electron chi connectivity index (χ4n) is 4.68. The molecule has 8 heteroatoms. The summed E-state index contributed by atoms with van der Waals surface area (Å²) in [4.78, 5) is 15.0. The van der Waals surface area contributed by atoms with Gasteiger partial charge in [0.25, 0.3) is 5.91 Å². The summed E-state index contributed by atoms with van der Waals surface area (Å²) >= 11 is 0. The third-order valence-corrected chi connectivity index (χ3v) is 7.94. The van der Waals surface area contributed by atoms with Crippen molar-refractivity contribution >= 4 is 15.9 Å². The number of carbonyl (C=O) groups excluding carboxylic acids is 1. The number of hydrogen-bond acceptors (Lipinski definition) is 5. The van der Waals surface area contributed by atoms with Crippen molar-refractivity contribution in [2.75, 3.05) is 39.9 Å². The summed E-state index contributed by atoms with van der Waals surface area (Å²) in [5.74, 6) is 0.694. The Morgan fingerprint density at radius 3 is 2.52 bits per heavy atom. The lowest BCUT2D eigenvalue weighted by molar-refractivity contribution is 0.00210. The molecule has 2 fully saturated rings. The summed E-state index contributed by atoms with van der Waals surface area (Å²) in [5, 5.41) is 0. The first-order valence-corrected chi connectivity index (χ1v) is 12.8. The monoisotopic (exact) mass is 452 g/mol. The molecule has 0 aromatic heterocycles. The van der Waals surface area contributed by atoms with E-state index in [0.717, 1.165) is 25.7 Å². The maximum Gasteiger partial charge on any atom is 0.253 e. The molecule has 31 heavy (non-hydrogen) atoms. The molecule has 2 aliphatic heterocycles. The Labute approximate surface area is 186 Å². The van der Waals surface area contributed by atoms with Crippen molar-refractivity contribution in [3.63, 3.8) is 0 Å². The second-order valence-electron chi connectivity index (χ2n) is 9.02. The van der Waals surface area contributed by atoms with Gasteiger partial charge in [0.15, 0.2) is 0 Å². The number of amides is 1. The molecule has 174 valence electrons. The predicted octanol–water partition coefficient (Wildman–Crippen LogP) is 3.39. The number of likely N-dealkylation sites (tertiary alicyclic amines) is 1. The molecule has 0 spiro atoms. The molecular weight excluding hydrogens is 416 g/mol. The normalized spacial score (nSPS) is 25.4. The van der Waals surface area contributed by atoms with E-state index in [1.807, 2.05) is 0 Å². The molecule has 7 nitrogen and oxygen atoms in total. The Morgan fingerprint density at radius 1 is 1.16 bits per heavy atom. The molecule has 3 unspecified atom stereocenters. The lowest BCUT2D eigenvalue weighted by Crippen LogP contribution is -2.44. The van der Waals surface area contributed by atoms with Crippen LogP contribution in [-0.2, 0) is 14.8 Å². The van der Waals surface area contributed by atoms with Crippen LogP contribution in [0.5, 0.6) is 5.75 Å². The van der Waals surface area contributed by atoms with Crippen LogP contribution in [0.15, 0.2) is 23.1 Å². The first-order valence-electron chi connectivity index (χ1n) is 11.3. The molecular formula is C23H36N2O5S. The molecule has 2 aliphatic rings. The lowest BCUT2D eigenvalue weighted by atomic mass is 9.94. The van der Waals surface area contributed by atoms with Gasteiger partial charge in [-0.15, -0.1) is 0 Å². The van der Waals surface area contributed by atoms with E-state index in [2.05, 4.69) is 20.8 Å². The van der Waals surface area contributed by atoms with E-state index in [9.17, 15) is 13.2 Å². The third-order valence-electron chi connectivity index (χ3n) is 6.09. The Balaban J connectivity index is 1.85. The molecule has 1 aromatic carbocycles. The summed E-state index contributed by atoms with van der Waals surface area (Å²) in [5.41, 5.74) is 0.369. The van der Waals surface area contributed by atoms with E-state index < -0.39 is 10.0 Å². The van der Waals surface area contributed by atoms with Crippen LogP contribution in [-0.4, -0.2) is 69.5 Å². The van der Waals surface area contributed by atoms with Crippen LogP contribution in [0.3, 0.4) is 0 Å². The highest BCUT2D eigenvalue weighted by Crippen LogP contribution is 2.32. The molecule has 3 atom stereocenters. The molecule has 1 aromatic rings. The van der Waals surface area contributed by atoms with Gasteiger partial charge in [-0.1, -0.05) is 20.8 Å². The van der Waals surface area contributed by atoms with Gasteiger partial charge in [0.05, 0.1) is 13.2 Å². The van der Waals surface area contributed by atoms with Gasteiger partial charge in [-0.3, -0.25) is 4.79 Å². The van der Waals surface area contributed by atoms with E-state index in [-0.39, 0.29) is 22.7 Å². The van der Waals surface area contributed by atoms with Crippen LogP contribution < -0.4 is 4.74 Å². The summed E-state index contributed by atoms with van der Waals surface area (Å²) in [6, 6.07) is 4.72. The number of sulfonamides is 1. The van der Waals surface area contributed by atoms with Crippen molar-refractivity contribution in [3.8, 4) is 5.75 Å². The number of methoxy groups -OCH3 is 1. The number of piperidine rings is 2. The van der Waals surface area contributed by atoms with Gasteiger partial charge in [-0.2, -0.15) is 4.31 Å². The molecule has 1 amide bonds. The minimum Gasteiger partial charge on any atom is -0.495 e. The third kappa shape index (κ3) is 5.59. The highest BCUT2D eigenvalue weighted by molar-refractivity contribution is 7.89. The van der Waals surface area contributed by atoms with Gasteiger partial charge in [0.2, 0.25) is 10.0 Å². The summed E-state index contributed by atoms with van der Waals surface area (Å²) in [6.07, 6.45) is 3.81. The zero-order valence-electron chi connectivity index (χ0n) is 19.2. The van der Waals surface area contributed by atoms with Crippen molar-refractivity contribution in [2.24, 2.45) is 11.8 Å². The Hall–Kier alpha value is -1.64. The number of rotatable bonds is 7. The maximum absolute atomic E-state index is 13.5. The number of benzene rings is 1. The van der Waals surface area contributed by atoms with Crippen LogP contribution in [0.1, 0.15) is 56.8 Å². The molecule has 3 rings (SSSR count). The van der Waals surface area contributed by atoms with Crippen LogP contribution in [0.2, 0.25) is 0 Å². The molecule has 2 saturated heterocycles. The second-order valence-corrected chi connectivity index (χ2v) is 10.9. The molecule has 0 aliphatic carbocycles. The van der Waals surface area contributed by atoms with Crippen molar-refractivity contribution < 1.29 is 22.7 Å². The minimum absolute atomic E-state index is 0.0374. The van der Waals surface area contributed by atoms with E-state index >= 15 is 0 Å². The van der Waals surface area contributed by atoms with Crippen molar-refractivity contribution in [1.29, 1.82) is 0 Å². The fraction of sp³-hybridized carbons (Fsp3) is 0.696. The van der Waals surface area contributed by atoms with Gasteiger partial charge < -0.3 is 14.4 Å². The first kappa shape index (κ1) is 24.0. The molecule has 0 radical (unpaired) electrons. The van der Waals surface area contributed by atoms with Crippen molar-refractivity contribution in [3.05, 3.63) is 23.8 Å². The number of carbonyl (C=O) groups is 1. The van der Waals surface area contributed by atoms with Crippen LogP contribution in [0, 0.1) is 11.8 Å². The van der Waals surface area contributed by atoms with Crippen LogP contribution in [0.25, 0.3) is 0 Å². The zero-order chi connectivity index (χ0) is 22.6. The summed E-state index contributed by atoms with van der Waals surface area (Å²) < 4.78 is 39.7. The van der Waals surface area contributed by atoms with Gasteiger partial charge in [0, 0.05) is 38.3 Å². The zero-order valence-corrected chi connectivity index (χ0v) is 20.0. The summed E-state index contributed by atoms with van der Waals surface area (Å²) in [6.45, 7) is 9.05. The Bertz CT molecular complexity index is 863. The molecule has 0 N–H and O–H groups in total. The minimum atomic E-state index is -3.77. The molecule has 0 saturated carbocycles. The van der Waals surface area contributed by atoms with E-state index in [1.54, 1.807) is 17.0 Å². The SMILES string of the molecule is CCCOC1CCCN(C(=O)c2ccc(OC)c(S(=O)(=O)N3CC(C)CC(C)C3)c2)C1. The van der Waals surface area contributed by atoms with Gasteiger partial charge >= 0.3 is 0 Å². The van der Waals surface area contributed by atoms with E-state index in [0.29, 0.717) is 50.2 Å². The standard InChI is InChI=1S/C23H36N2O5S/c1-5-11-30-20-7-6-10-24(16-20)23(26)19-8-9-21(29-4)22(13-19)31(27,28)25-14-17(2)12-18(3)15-25/h8-9,13,17-18,20H,5-7,10-12,14-16H2,1-4H3. The van der Waals surface area contributed by atoms with Crippen molar-refractivity contribution in [1.82, 2.24) is 9.21 Å². The average Bonchev–Trinajstić information content (AvgIpc) is 2.76. The average molecular weight is 453 g/mol. The summed E-state index contributed by atoms with van der Waals surface area (Å²) in [7, 11) is -2.31. The highest BCUT2D eigenvalue weighted by atomic mass is 32.2. The van der Waals surface area contributed by atoms with Gasteiger partial charge in [-0.05, 0) is 55.7 Å². The maximum atomic E-state index is 13.5. The number of nitrogens with zero attached hydrogens (tertiary/aromatic N) is 2. The second kappa shape index (κ2) is 10.3. The fourth-order valence-corrected chi connectivity index (χ4v) is 6.54. The smallest absolute Gasteiger partial charge is 0.253 e. The van der Waals surface area contributed by atoms with Gasteiger partial charge in [-0.25, -0.2) is 8.42 Å².